The molecule has 2 aliphatic rings. The molecule has 4 rings (SSSR count). The normalized spacial score (nSPS) is 16.4. The summed E-state index contributed by atoms with van der Waals surface area (Å²) in [5.74, 6) is 0.946. The lowest BCUT2D eigenvalue weighted by Crippen LogP contribution is -2.46. The second-order valence-corrected chi connectivity index (χ2v) is 8.81. The second kappa shape index (κ2) is 10.3. The molecule has 8 nitrogen and oxygen atoms in total. The molecule has 0 spiro atoms. The fourth-order valence-electron chi connectivity index (χ4n) is 4.60. The van der Waals surface area contributed by atoms with Crippen molar-refractivity contribution in [2.24, 2.45) is 5.92 Å². The Hall–Kier alpha value is -3.03. The van der Waals surface area contributed by atoms with Crippen molar-refractivity contribution in [2.45, 2.75) is 45.4 Å². The molecule has 1 aromatic carbocycles. The highest BCUT2D eigenvalue weighted by Crippen LogP contribution is 2.34. The maximum absolute atomic E-state index is 12.6. The van der Waals surface area contributed by atoms with Gasteiger partial charge in [0.2, 0.25) is 5.91 Å². The van der Waals surface area contributed by atoms with E-state index in [9.17, 15) is 14.4 Å². The molecular formula is C25H32N2O6. The summed E-state index contributed by atoms with van der Waals surface area (Å²) in [6.07, 6.45) is 5.46. The zero-order valence-corrected chi connectivity index (χ0v) is 19.4. The summed E-state index contributed by atoms with van der Waals surface area (Å²) < 4.78 is 16.8. The fourth-order valence-corrected chi connectivity index (χ4v) is 4.60. The number of fused-ring (bicyclic) bond motifs is 3. The van der Waals surface area contributed by atoms with E-state index in [2.05, 4.69) is 0 Å². The Kier molecular flexibility index (Phi) is 7.20. The number of hydrogen-bond acceptors (Lipinski definition) is 6. The molecule has 178 valence electrons. The van der Waals surface area contributed by atoms with Crippen LogP contribution in [0.2, 0.25) is 0 Å². The van der Waals surface area contributed by atoms with Crippen LogP contribution in [0.5, 0.6) is 5.75 Å². The predicted octanol–water partition coefficient (Wildman–Crippen LogP) is 2.95. The predicted molar refractivity (Wildman–Crippen MR) is 122 cm³/mol. The number of carbonyl (C=O) groups is 3. The largest absolute Gasteiger partial charge is 0.484 e. The summed E-state index contributed by atoms with van der Waals surface area (Å²) in [5, 5.41) is 1.06. The minimum absolute atomic E-state index is 0.0134. The number of likely N-dealkylation sites (tertiary alicyclic amines) is 1. The zero-order valence-electron chi connectivity index (χ0n) is 19.4. The molecule has 1 fully saturated rings. The second-order valence-electron chi connectivity index (χ2n) is 8.81. The van der Waals surface area contributed by atoms with E-state index in [1.54, 1.807) is 18.9 Å². The molecule has 1 aromatic heterocycles. The van der Waals surface area contributed by atoms with Gasteiger partial charge in [-0.05, 0) is 57.2 Å². The first kappa shape index (κ1) is 23.1. The first-order valence-electron chi connectivity index (χ1n) is 11.8. The highest BCUT2D eigenvalue weighted by Gasteiger charge is 2.29. The number of ether oxygens (including phenoxy) is 2. The number of hydrogen-bond donors (Lipinski definition) is 0. The maximum Gasteiger partial charge on any atom is 0.309 e. The van der Waals surface area contributed by atoms with Crippen molar-refractivity contribution >= 4 is 28.8 Å². The van der Waals surface area contributed by atoms with Crippen molar-refractivity contribution in [3.63, 3.8) is 0 Å². The number of nitrogens with zero attached hydrogens (tertiary/aromatic N) is 2. The summed E-state index contributed by atoms with van der Waals surface area (Å²) in [6.45, 7) is 2.99. The van der Waals surface area contributed by atoms with Gasteiger partial charge >= 0.3 is 5.97 Å². The van der Waals surface area contributed by atoms with E-state index in [1.165, 1.54) is 10.5 Å². The van der Waals surface area contributed by atoms with E-state index in [0.717, 1.165) is 42.4 Å². The molecule has 2 amide bonds. The summed E-state index contributed by atoms with van der Waals surface area (Å²) in [7, 11) is 1.60. The summed E-state index contributed by atoms with van der Waals surface area (Å²) in [5.41, 5.74) is 2.11. The molecule has 8 heteroatoms. The molecule has 0 radical (unpaired) electrons. The quantitative estimate of drug-likeness (QED) is 0.595. The van der Waals surface area contributed by atoms with Crippen LogP contribution in [-0.2, 0) is 32.0 Å². The number of furan rings is 1. The number of carbonyl (C=O) groups excluding carboxylic acids is 3. The van der Waals surface area contributed by atoms with E-state index >= 15 is 0 Å². The number of piperidine rings is 1. The third-order valence-corrected chi connectivity index (χ3v) is 6.55. The van der Waals surface area contributed by atoms with Crippen LogP contribution in [0.25, 0.3) is 11.0 Å². The van der Waals surface area contributed by atoms with Gasteiger partial charge in [-0.3, -0.25) is 14.4 Å². The Morgan fingerprint density at radius 2 is 1.91 bits per heavy atom. The number of esters is 1. The van der Waals surface area contributed by atoms with Crippen LogP contribution in [-0.4, -0.2) is 67.5 Å². The zero-order chi connectivity index (χ0) is 23.4. The minimum atomic E-state index is -0.265. The third kappa shape index (κ3) is 5.31. The van der Waals surface area contributed by atoms with Crippen LogP contribution < -0.4 is 4.74 Å². The standard InChI is InChI=1S/C25H32N2O6/c1-3-31-25(30)17-10-12-27(13-11-17)23(28)15-26(2)24(29)16-32-18-8-9-22-20(14-18)19-6-4-5-7-21(19)33-22/h8-9,14,17H,3-7,10-13,15-16H2,1-2H3. The first-order chi connectivity index (χ1) is 16.0. The van der Waals surface area contributed by atoms with E-state index in [1.807, 2.05) is 18.2 Å². The van der Waals surface area contributed by atoms with Gasteiger partial charge in [0.05, 0.1) is 19.1 Å². The number of aryl methyl sites for hydroxylation is 2. The van der Waals surface area contributed by atoms with Crippen molar-refractivity contribution < 1.29 is 28.3 Å². The first-order valence-corrected chi connectivity index (χ1v) is 11.8. The molecule has 2 aromatic rings. The van der Waals surface area contributed by atoms with Crippen LogP contribution in [0, 0.1) is 5.92 Å². The van der Waals surface area contributed by atoms with Crippen LogP contribution in [0.15, 0.2) is 22.6 Å². The molecule has 1 saturated heterocycles. The van der Waals surface area contributed by atoms with Gasteiger partial charge in [0.1, 0.15) is 17.1 Å². The van der Waals surface area contributed by atoms with Crippen LogP contribution in [0.3, 0.4) is 0 Å². The average Bonchev–Trinajstić information content (AvgIpc) is 3.20. The molecule has 1 aliphatic carbocycles. The third-order valence-electron chi connectivity index (χ3n) is 6.55. The number of rotatable bonds is 7. The highest BCUT2D eigenvalue weighted by molar-refractivity contribution is 5.86. The topological polar surface area (TPSA) is 89.3 Å². The van der Waals surface area contributed by atoms with Gasteiger partial charge in [-0.2, -0.15) is 0 Å². The SMILES string of the molecule is CCOC(=O)C1CCN(C(=O)CN(C)C(=O)COc2ccc3oc4c(c3c2)CCCC4)CC1. The molecule has 0 N–H and O–H groups in total. The Bertz CT molecular complexity index is 1020. The van der Waals surface area contributed by atoms with Gasteiger partial charge in [0.15, 0.2) is 6.61 Å². The van der Waals surface area contributed by atoms with Gasteiger partial charge in [0.25, 0.3) is 5.91 Å². The summed E-state index contributed by atoms with van der Waals surface area (Å²) >= 11 is 0. The van der Waals surface area contributed by atoms with E-state index < -0.39 is 0 Å². The van der Waals surface area contributed by atoms with Crippen molar-refractivity contribution in [2.75, 3.05) is 39.9 Å². The molecule has 2 heterocycles. The van der Waals surface area contributed by atoms with Crippen LogP contribution in [0.4, 0.5) is 0 Å². The van der Waals surface area contributed by atoms with Crippen LogP contribution >= 0.6 is 0 Å². The maximum atomic E-state index is 12.6. The van der Waals surface area contributed by atoms with Crippen molar-refractivity contribution in [3.05, 3.63) is 29.5 Å². The number of benzene rings is 1. The Balaban J connectivity index is 1.26. The van der Waals surface area contributed by atoms with Crippen molar-refractivity contribution in [3.8, 4) is 5.75 Å². The smallest absolute Gasteiger partial charge is 0.309 e. The lowest BCUT2D eigenvalue weighted by molar-refractivity contribution is -0.151. The summed E-state index contributed by atoms with van der Waals surface area (Å²) in [4.78, 5) is 40.1. The van der Waals surface area contributed by atoms with E-state index in [4.69, 9.17) is 13.9 Å². The average molecular weight is 457 g/mol. The van der Waals surface area contributed by atoms with Gasteiger partial charge in [0, 0.05) is 37.5 Å². The minimum Gasteiger partial charge on any atom is -0.484 e. The number of amides is 2. The fraction of sp³-hybridized carbons (Fsp3) is 0.560. The van der Waals surface area contributed by atoms with Crippen molar-refractivity contribution in [1.29, 1.82) is 0 Å². The lowest BCUT2D eigenvalue weighted by Gasteiger charge is -2.32. The van der Waals surface area contributed by atoms with E-state index in [0.29, 0.717) is 38.3 Å². The Morgan fingerprint density at radius 3 is 2.67 bits per heavy atom. The molecule has 0 unspecified atom stereocenters. The van der Waals surface area contributed by atoms with Crippen LogP contribution in [0.1, 0.15) is 43.9 Å². The monoisotopic (exact) mass is 456 g/mol. The Morgan fingerprint density at radius 1 is 1.15 bits per heavy atom. The molecule has 0 saturated carbocycles. The molecule has 1 aliphatic heterocycles. The lowest BCUT2D eigenvalue weighted by atomic mass is 9.96. The van der Waals surface area contributed by atoms with E-state index in [-0.39, 0.29) is 36.9 Å². The molecule has 0 bridgehead atoms. The molecule has 0 atom stereocenters. The molecule has 33 heavy (non-hydrogen) atoms. The Labute approximate surface area is 193 Å². The molecular weight excluding hydrogens is 424 g/mol. The van der Waals surface area contributed by atoms with Gasteiger partial charge < -0.3 is 23.7 Å². The van der Waals surface area contributed by atoms with Gasteiger partial charge in [-0.25, -0.2) is 0 Å². The number of likely N-dealkylation sites (N-methyl/N-ethyl adjacent to an activating group) is 1. The van der Waals surface area contributed by atoms with Crippen molar-refractivity contribution in [1.82, 2.24) is 9.80 Å². The van der Waals surface area contributed by atoms with Gasteiger partial charge in [-0.1, -0.05) is 0 Å². The summed E-state index contributed by atoms with van der Waals surface area (Å²) in [6, 6.07) is 5.64. The highest BCUT2D eigenvalue weighted by atomic mass is 16.5. The van der Waals surface area contributed by atoms with Gasteiger partial charge in [-0.15, -0.1) is 0 Å².